The lowest BCUT2D eigenvalue weighted by Crippen LogP contribution is -2.58. The first-order valence-corrected chi connectivity index (χ1v) is 9.08. The van der Waals surface area contributed by atoms with E-state index in [9.17, 15) is 9.90 Å². The minimum atomic E-state index is -0.923. The molecule has 2 heterocycles. The molecule has 0 unspecified atom stereocenters. The standard InChI is InChI=1S/C19H18BrNO2/c20-11-7-15-12-4-1-3-10(12)9-21-17(15)16(8-11)13-5-2-6-14(13)18(21)19(22)23/h1-2,4-5,7-8,10,12-14,18H,3,6,9H2,(H,22,23)/p-1/t10-,12+,13-,14-,18-/m0/s1. The van der Waals surface area contributed by atoms with Crippen LogP contribution < -0.4 is 10.0 Å². The summed E-state index contributed by atoms with van der Waals surface area (Å²) in [5.41, 5.74) is 3.72. The highest BCUT2D eigenvalue weighted by Crippen LogP contribution is 2.55. The SMILES string of the molecule is O=C([O-])[C@@H]1[C@H]2CC=C[C@@H]2c2cc(Br)cc3c2N1C[C@@H]1CC=C[C@@H]31. The van der Waals surface area contributed by atoms with E-state index >= 15 is 0 Å². The highest BCUT2D eigenvalue weighted by atomic mass is 79.9. The number of allylic oxidation sites excluding steroid dienone is 4. The molecule has 0 fully saturated rings. The molecule has 0 saturated heterocycles. The number of carboxylic acids is 1. The minimum Gasteiger partial charge on any atom is -0.548 e. The molecule has 2 aliphatic carbocycles. The van der Waals surface area contributed by atoms with Gasteiger partial charge in [-0.1, -0.05) is 40.2 Å². The van der Waals surface area contributed by atoms with Crippen molar-refractivity contribution in [2.45, 2.75) is 30.7 Å². The Morgan fingerprint density at radius 2 is 1.83 bits per heavy atom. The average molecular weight is 371 g/mol. The maximum absolute atomic E-state index is 12.0. The van der Waals surface area contributed by atoms with Gasteiger partial charge in [-0.2, -0.15) is 0 Å². The van der Waals surface area contributed by atoms with Crippen LogP contribution in [0.25, 0.3) is 0 Å². The van der Waals surface area contributed by atoms with Gasteiger partial charge in [0, 0.05) is 28.5 Å². The predicted octanol–water partition coefficient (Wildman–Crippen LogP) is 2.72. The maximum atomic E-state index is 12.0. The zero-order chi connectivity index (χ0) is 15.7. The van der Waals surface area contributed by atoms with Crippen LogP contribution in [0.15, 0.2) is 40.9 Å². The van der Waals surface area contributed by atoms with Gasteiger partial charge in [0.1, 0.15) is 0 Å². The molecule has 0 aromatic heterocycles. The van der Waals surface area contributed by atoms with Crippen molar-refractivity contribution in [3.8, 4) is 0 Å². The molecule has 0 bridgehead atoms. The molecule has 0 radical (unpaired) electrons. The van der Waals surface area contributed by atoms with Gasteiger partial charge in [0.25, 0.3) is 0 Å². The summed E-state index contributed by atoms with van der Waals surface area (Å²) in [6.45, 7) is 0.821. The number of nitrogens with zero attached hydrogens (tertiary/aromatic N) is 1. The van der Waals surface area contributed by atoms with Gasteiger partial charge in [-0.3, -0.25) is 0 Å². The van der Waals surface area contributed by atoms with Crippen molar-refractivity contribution < 1.29 is 9.90 Å². The van der Waals surface area contributed by atoms with Crippen LogP contribution in [-0.2, 0) is 4.79 Å². The lowest BCUT2D eigenvalue weighted by Gasteiger charge is -2.51. The predicted molar refractivity (Wildman–Crippen MR) is 90.3 cm³/mol. The Balaban J connectivity index is 1.78. The molecule has 0 saturated carbocycles. The molecule has 1 aromatic carbocycles. The van der Waals surface area contributed by atoms with Gasteiger partial charge in [0.05, 0.1) is 12.0 Å². The highest BCUT2D eigenvalue weighted by molar-refractivity contribution is 9.10. The molecule has 23 heavy (non-hydrogen) atoms. The summed E-state index contributed by atoms with van der Waals surface area (Å²) in [5, 5.41) is 12.0. The molecule has 1 aromatic rings. The van der Waals surface area contributed by atoms with E-state index < -0.39 is 12.0 Å². The van der Waals surface area contributed by atoms with Crippen molar-refractivity contribution in [1.82, 2.24) is 0 Å². The molecular weight excluding hydrogens is 354 g/mol. The van der Waals surface area contributed by atoms with E-state index in [1.54, 1.807) is 0 Å². The maximum Gasteiger partial charge on any atom is 0.0727 e. The lowest BCUT2D eigenvalue weighted by molar-refractivity contribution is -0.309. The van der Waals surface area contributed by atoms with Crippen LogP contribution in [0.2, 0.25) is 0 Å². The average Bonchev–Trinajstić information content (AvgIpc) is 3.15. The fourth-order valence-electron chi connectivity index (χ4n) is 5.19. The van der Waals surface area contributed by atoms with Crippen LogP contribution in [0.1, 0.15) is 35.8 Å². The van der Waals surface area contributed by atoms with Gasteiger partial charge >= 0.3 is 0 Å². The van der Waals surface area contributed by atoms with Gasteiger partial charge in [-0.25, -0.2) is 0 Å². The van der Waals surface area contributed by atoms with Gasteiger partial charge in [-0.15, -0.1) is 0 Å². The van der Waals surface area contributed by atoms with Crippen LogP contribution in [0.4, 0.5) is 5.69 Å². The van der Waals surface area contributed by atoms with Crippen LogP contribution in [0, 0.1) is 11.8 Å². The van der Waals surface area contributed by atoms with Crippen molar-refractivity contribution in [2.24, 2.45) is 11.8 Å². The number of halogens is 1. The smallest absolute Gasteiger partial charge is 0.0727 e. The first-order valence-electron chi connectivity index (χ1n) is 8.29. The molecule has 5 rings (SSSR count). The Kier molecular flexibility index (Phi) is 2.85. The van der Waals surface area contributed by atoms with Crippen molar-refractivity contribution in [1.29, 1.82) is 0 Å². The van der Waals surface area contributed by atoms with Gasteiger partial charge in [-0.05, 0) is 47.9 Å². The molecule has 0 N–H and O–H groups in total. The molecule has 4 aliphatic rings. The van der Waals surface area contributed by atoms with E-state index in [0.29, 0.717) is 11.8 Å². The van der Waals surface area contributed by atoms with Crippen molar-refractivity contribution in [2.75, 3.05) is 11.4 Å². The first kappa shape index (κ1) is 13.8. The fourth-order valence-corrected chi connectivity index (χ4v) is 5.69. The van der Waals surface area contributed by atoms with Gasteiger partial charge in [0.15, 0.2) is 0 Å². The number of carboxylic acid groups (broad SMARTS) is 1. The number of hydrogen-bond acceptors (Lipinski definition) is 3. The summed E-state index contributed by atoms with van der Waals surface area (Å²) in [4.78, 5) is 14.1. The summed E-state index contributed by atoms with van der Waals surface area (Å²) in [6, 6.07) is 3.86. The number of anilines is 1. The Morgan fingerprint density at radius 3 is 2.61 bits per heavy atom. The summed E-state index contributed by atoms with van der Waals surface area (Å²) < 4.78 is 1.10. The largest absolute Gasteiger partial charge is 0.548 e. The zero-order valence-electron chi connectivity index (χ0n) is 12.6. The number of carbonyl (C=O) groups excluding carboxylic acids is 1. The van der Waals surface area contributed by atoms with E-state index in [1.807, 2.05) is 0 Å². The summed E-state index contributed by atoms with van der Waals surface area (Å²) in [7, 11) is 0. The Bertz CT molecular complexity index is 752. The second kappa shape index (κ2) is 4.73. The number of fused-ring (bicyclic) bond motifs is 4. The van der Waals surface area contributed by atoms with Crippen molar-refractivity contribution in [3.05, 3.63) is 52.0 Å². The Labute approximate surface area is 143 Å². The molecule has 2 aliphatic heterocycles. The van der Waals surface area contributed by atoms with Gasteiger partial charge < -0.3 is 14.8 Å². The molecule has 0 spiro atoms. The number of benzene rings is 1. The summed E-state index contributed by atoms with van der Waals surface area (Å²) in [6.07, 6.45) is 10.7. The monoisotopic (exact) mass is 370 g/mol. The normalized spacial score (nSPS) is 35.9. The van der Waals surface area contributed by atoms with Crippen LogP contribution >= 0.6 is 15.9 Å². The summed E-state index contributed by atoms with van der Waals surface area (Å²) >= 11 is 3.67. The number of carbonyl (C=O) groups is 1. The van der Waals surface area contributed by atoms with Crippen molar-refractivity contribution >= 4 is 27.6 Å². The van der Waals surface area contributed by atoms with Gasteiger partial charge in [0.2, 0.25) is 0 Å². The lowest BCUT2D eigenvalue weighted by atomic mass is 9.72. The second-order valence-electron chi connectivity index (χ2n) is 7.15. The minimum absolute atomic E-state index is 0.0977. The van der Waals surface area contributed by atoms with Crippen LogP contribution in [0.5, 0.6) is 0 Å². The van der Waals surface area contributed by atoms with E-state index in [-0.39, 0.29) is 11.8 Å². The molecular formula is C19H17BrNO2-. The quantitative estimate of drug-likeness (QED) is 0.713. The third-order valence-corrected chi connectivity index (χ3v) is 6.51. The van der Waals surface area contributed by atoms with E-state index in [2.05, 4.69) is 57.3 Å². The number of hydrogen-bond donors (Lipinski definition) is 0. The third kappa shape index (κ3) is 1.78. The van der Waals surface area contributed by atoms with Crippen molar-refractivity contribution in [3.63, 3.8) is 0 Å². The summed E-state index contributed by atoms with van der Waals surface area (Å²) in [5.74, 6) is 0.273. The van der Waals surface area contributed by atoms with Crippen LogP contribution in [0.3, 0.4) is 0 Å². The Hall–Kier alpha value is -1.55. The van der Waals surface area contributed by atoms with E-state index in [1.165, 1.54) is 11.1 Å². The van der Waals surface area contributed by atoms with E-state index in [0.717, 1.165) is 29.5 Å². The molecule has 3 nitrogen and oxygen atoms in total. The molecule has 118 valence electrons. The first-order chi connectivity index (χ1) is 11.1. The van der Waals surface area contributed by atoms with E-state index in [4.69, 9.17) is 0 Å². The third-order valence-electron chi connectivity index (χ3n) is 6.06. The topological polar surface area (TPSA) is 43.4 Å². The fraction of sp³-hybridized carbons (Fsp3) is 0.421. The molecule has 0 amide bonds. The van der Waals surface area contributed by atoms with Crippen LogP contribution in [-0.4, -0.2) is 18.6 Å². The zero-order valence-corrected chi connectivity index (χ0v) is 14.2. The highest BCUT2D eigenvalue weighted by Gasteiger charge is 2.47. The molecule has 4 heteroatoms. The molecule has 5 atom stereocenters. The number of aliphatic carboxylic acids is 1. The second-order valence-corrected chi connectivity index (χ2v) is 8.07. The number of rotatable bonds is 1. The Morgan fingerprint density at radius 1 is 1.13 bits per heavy atom.